The molecule has 1 unspecified atom stereocenters. The van der Waals surface area contributed by atoms with Crippen LogP contribution in [0.25, 0.3) is 11.0 Å². The van der Waals surface area contributed by atoms with Crippen molar-refractivity contribution in [1.29, 1.82) is 0 Å². The first-order valence-electron chi connectivity index (χ1n) is 10.1. The molecule has 0 bridgehead atoms. The Hall–Kier alpha value is -3.42. The Labute approximate surface area is 197 Å². The second-order valence-electron chi connectivity index (χ2n) is 7.81. The number of anilines is 1. The fourth-order valence-electron chi connectivity index (χ4n) is 3.99. The highest BCUT2D eigenvalue weighted by molar-refractivity contribution is 6.32. The van der Waals surface area contributed by atoms with Crippen molar-refractivity contribution in [3.05, 3.63) is 97.6 Å². The number of carbonyl (C=O) groups excluding carboxylic acids is 1. The molecular formula is C24H17Cl2FN4O2. The maximum absolute atomic E-state index is 14.9. The summed E-state index contributed by atoms with van der Waals surface area (Å²) in [4.78, 5) is 32.6. The van der Waals surface area contributed by atoms with Crippen LogP contribution >= 0.6 is 23.2 Å². The monoisotopic (exact) mass is 482 g/mol. The molecule has 2 heterocycles. The molecule has 4 aromatic rings. The quantitative estimate of drug-likeness (QED) is 0.443. The Balaban J connectivity index is 1.72. The summed E-state index contributed by atoms with van der Waals surface area (Å²) >= 11 is 12.5. The van der Waals surface area contributed by atoms with Gasteiger partial charge in [-0.1, -0.05) is 47.5 Å². The number of aromatic amines is 1. The molecule has 0 spiro atoms. The fourth-order valence-corrected chi connectivity index (χ4v) is 4.41. The van der Waals surface area contributed by atoms with Crippen molar-refractivity contribution in [2.45, 2.75) is 12.5 Å². The average molecular weight is 483 g/mol. The standard InChI is InChI=1S/C24H17Cl2FN4O2/c1-31-20-9-13(6-7-18(20)29-24(31)33)21-15-10-14(25)11-17(27)22(15)30-23(32)19(28-21)8-12-4-2-3-5-16(12)26/h2-7,9-11,19H,8H2,1H3,(H,29,33)(H,30,32). The first kappa shape index (κ1) is 21.4. The maximum atomic E-state index is 14.9. The summed E-state index contributed by atoms with van der Waals surface area (Å²) in [5, 5.41) is 3.36. The number of hydrogen-bond acceptors (Lipinski definition) is 3. The summed E-state index contributed by atoms with van der Waals surface area (Å²) in [6, 6.07) is 14.3. The number of halogens is 3. The van der Waals surface area contributed by atoms with E-state index in [1.807, 2.05) is 12.1 Å². The van der Waals surface area contributed by atoms with E-state index in [-0.39, 0.29) is 22.8 Å². The van der Waals surface area contributed by atoms with Gasteiger partial charge in [0.25, 0.3) is 0 Å². The fraction of sp³-hybridized carbons (Fsp3) is 0.125. The van der Waals surface area contributed by atoms with Crippen LogP contribution in [0.15, 0.2) is 64.4 Å². The lowest BCUT2D eigenvalue weighted by atomic mass is 9.99. The van der Waals surface area contributed by atoms with E-state index in [1.54, 1.807) is 43.4 Å². The molecule has 2 N–H and O–H groups in total. The number of amides is 1. The van der Waals surface area contributed by atoms with Gasteiger partial charge in [-0.3, -0.25) is 14.4 Å². The number of nitrogens with one attached hydrogen (secondary N) is 2. The van der Waals surface area contributed by atoms with Crippen LogP contribution in [-0.4, -0.2) is 27.2 Å². The van der Waals surface area contributed by atoms with Crippen molar-refractivity contribution < 1.29 is 9.18 Å². The molecule has 0 radical (unpaired) electrons. The third-order valence-corrected chi connectivity index (χ3v) is 6.28. The van der Waals surface area contributed by atoms with Gasteiger partial charge in [-0.25, -0.2) is 9.18 Å². The summed E-state index contributed by atoms with van der Waals surface area (Å²) in [6.07, 6.45) is 0.225. The smallest absolute Gasteiger partial charge is 0.321 e. The van der Waals surface area contributed by atoms with E-state index in [0.717, 1.165) is 11.6 Å². The van der Waals surface area contributed by atoms with Gasteiger partial charge in [-0.2, -0.15) is 0 Å². The summed E-state index contributed by atoms with van der Waals surface area (Å²) in [5.74, 6) is -1.12. The van der Waals surface area contributed by atoms with Gasteiger partial charge < -0.3 is 10.3 Å². The number of benzene rings is 3. The summed E-state index contributed by atoms with van der Waals surface area (Å²) in [5.41, 5.74) is 3.15. The molecule has 0 aliphatic carbocycles. The number of carbonyl (C=O) groups is 1. The first-order valence-corrected chi connectivity index (χ1v) is 10.9. The number of aryl methyl sites for hydroxylation is 1. The topological polar surface area (TPSA) is 79.2 Å². The zero-order valence-corrected chi connectivity index (χ0v) is 18.8. The Morgan fingerprint density at radius 2 is 1.88 bits per heavy atom. The van der Waals surface area contributed by atoms with Gasteiger partial charge in [0.05, 0.1) is 22.4 Å². The molecular weight excluding hydrogens is 466 g/mol. The van der Waals surface area contributed by atoms with Gasteiger partial charge in [0, 0.05) is 34.6 Å². The van der Waals surface area contributed by atoms with Crippen molar-refractivity contribution >= 4 is 51.5 Å². The van der Waals surface area contributed by atoms with Gasteiger partial charge in [0.15, 0.2) is 0 Å². The van der Waals surface area contributed by atoms with E-state index >= 15 is 0 Å². The average Bonchev–Trinajstić information content (AvgIpc) is 2.98. The van der Waals surface area contributed by atoms with E-state index in [2.05, 4.69) is 10.3 Å². The maximum Gasteiger partial charge on any atom is 0.326 e. The minimum absolute atomic E-state index is 0.00728. The molecule has 3 aromatic carbocycles. The largest absolute Gasteiger partial charge is 0.326 e. The van der Waals surface area contributed by atoms with Gasteiger partial charge >= 0.3 is 5.69 Å². The lowest BCUT2D eigenvalue weighted by molar-refractivity contribution is -0.117. The third kappa shape index (κ3) is 3.83. The molecule has 9 heteroatoms. The number of aliphatic imine (C=N–C) groups is 1. The Morgan fingerprint density at radius 3 is 2.67 bits per heavy atom. The number of H-pyrrole nitrogens is 1. The van der Waals surface area contributed by atoms with Gasteiger partial charge in [-0.15, -0.1) is 0 Å². The highest BCUT2D eigenvalue weighted by atomic mass is 35.5. The summed E-state index contributed by atoms with van der Waals surface area (Å²) in [6.45, 7) is 0. The van der Waals surface area contributed by atoms with Crippen LogP contribution < -0.4 is 11.0 Å². The molecule has 0 saturated carbocycles. The van der Waals surface area contributed by atoms with Crippen LogP contribution in [0, 0.1) is 5.82 Å². The molecule has 1 aliphatic rings. The first-order chi connectivity index (χ1) is 15.8. The van der Waals surface area contributed by atoms with E-state index in [4.69, 9.17) is 28.2 Å². The molecule has 1 aromatic heterocycles. The van der Waals surface area contributed by atoms with Crippen molar-refractivity contribution in [3.8, 4) is 0 Å². The zero-order chi connectivity index (χ0) is 23.3. The van der Waals surface area contributed by atoms with Crippen LogP contribution in [0.3, 0.4) is 0 Å². The molecule has 6 nitrogen and oxygen atoms in total. The number of imidazole rings is 1. The minimum atomic E-state index is -0.865. The molecule has 1 amide bonds. The lowest BCUT2D eigenvalue weighted by Gasteiger charge is -2.12. The van der Waals surface area contributed by atoms with E-state index in [9.17, 15) is 14.0 Å². The molecule has 33 heavy (non-hydrogen) atoms. The van der Waals surface area contributed by atoms with Crippen molar-refractivity contribution in [3.63, 3.8) is 0 Å². The number of benzodiazepines with no additional fused rings is 1. The van der Waals surface area contributed by atoms with Gasteiger partial charge in [0.2, 0.25) is 5.91 Å². The SMILES string of the molecule is Cn1c(=O)[nH]c2ccc(C3=NC(Cc4ccccc4Cl)C(=O)Nc4c(F)cc(Cl)cc43)cc21. The molecule has 5 rings (SSSR count). The minimum Gasteiger partial charge on any atom is -0.321 e. The molecule has 1 aliphatic heterocycles. The number of rotatable bonds is 3. The van der Waals surface area contributed by atoms with Gasteiger partial charge in [-0.05, 0) is 35.9 Å². The Morgan fingerprint density at radius 1 is 1.09 bits per heavy atom. The predicted molar refractivity (Wildman–Crippen MR) is 128 cm³/mol. The Bertz CT molecular complexity index is 1520. The van der Waals surface area contributed by atoms with Crippen LogP contribution in [0.1, 0.15) is 16.7 Å². The number of nitrogens with zero attached hydrogens (tertiary/aromatic N) is 2. The highest BCUT2D eigenvalue weighted by Gasteiger charge is 2.29. The Kier molecular flexibility index (Phi) is 5.31. The zero-order valence-electron chi connectivity index (χ0n) is 17.3. The van der Waals surface area contributed by atoms with E-state index in [1.165, 1.54) is 4.57 Å². The number of aromatic nitrogens is 2. The second-order valence-corrected chi connectivity index (χ2v) is 8.65. The number of fused-ring (bicyclic) bond motifs is 2. The van der Waals surface area contributed by atoms with Crippen LogP contribution in [-0.2, 0) is 18.3 Å². The predicted octanol–water partition coefficient (Wildman–Crippen LogP) is 4.71. The van der Waals surface area contributed by atoms with Gasteiger partial charge in [0.1, 0.15) is 11.9 Å². The lowest BCUT2D eigenvalue weighted by Crippen LogP contribution is -2.28. The van der Waals surface area contributed by atoms with Crippen LogP contribution in [0.4, 0.5) is 10.1 Å². The molecule has 1 atom stereocenters. The van der Waals surface area contributed by atoms with E-state index < -0.39 is 17.8 Å². The van der Waals surface area contributed by atoms with Crippen molar-refractivity contribution in [2.75, 3.05) is 5.32 Å². The normalized spacial score (nSPS) is 15.7. The van der Waals surface area contributed by atoms with E-state index in [0.29, 0.717) is 32.9 Å². The highest BCUT2D eigenvalue weighted by Crippen LogP contribution is 2.32. The van der Waals surface area contributed by atoms with Crippen LogP contribution in [0.2, 0.25) is 10.0 Å². The molecule has 0 fully saturated rings. The third-order valence-electron chi connectivity index (χ3n) is 5.70. The summed E-state index contributed by atoms with van der Waals surface area (Å²) in [7, 11) is 1.65. The van der Waals surface area contributed by atoms with Crippen molar-refractivity contribution in [2.24, 2.45) is 12.0 Å². The second kappa shape index (κ2) is 8.17. The molecule has 0 saturated heterocycles. The molecule has 166 valence electrons. The van der Waals surface area contributed by atoms with Crippen LogP contribution in [0.5, 0.6) is 0 Å². The van der Waals surface area contributed by atoms with Crippen molar-refractivity contribution in [1.82, 2.24) is 9.55 Å². The summed E-state index contributed by atoms with van der Waals surface area (Å²) < 4.78 is 16.4. The number of hydrogen-bond donors (Lipinski definition) is 2.